The summed E-state index contributed by atoms with van der Waals surface area (Å²) in [6.07, 6.45) is 0.910. The highest BCUT2D eigenvalue weighted by Gasteiger charge is 2.21. The third kappa shape index (κ3) is 3.30. The number of carbonyl (C=O) groups excluding carboxylic acids is 2. The monoisotopic (exact) mass is 265 g/mol. The Morgan fingerprint density at radius 1 is 1.37 bits per heavy atom. The van der Waals surface area contributed by atoms with Gasteiger partial charge in [0, 0.05) is 31.5 Å². The minimum Gasteiger partial charge on any atom is -0.496 e. The van der Waals surface area contributed by atoms with E-state index in [1.54, 1.807) is 4.90 Å². The molecule has 19 heavy (non-hydrogen) atoms. The molecule has 1 fully saturated rings. The molecule has 0 radical (unpaired) electrons. The van der Waals surface area contributed by atoms with Crippen LogP contribution in [-0.2, 0) is 16.0 Å². The second-order valence-corrected chi connectivity index (χ2v) is 4.55. The largest absolute Gasteiger partial charge is 0.496 e. The number of hydrogen-bond acceptors (Lipinski definition) is 3. The van der Waals surface area contributed by atoms with Gasteiger partial charge in [0.25, 0.3) is 0 Å². The second kappa shape index (κ2) is 5.82. The summed E-state index contributed by atoms with van der Waals surface area (Å²) in [5.41, 5.74) is 0.532. The molecule has 1 saturated heterocycles. The molecule has 2 rings (SSSR count). The van der Waals surface area contributed by atoms with Crippen LogP contribution >= 0.6 is 0 Å². The van der Waals surface area contributed by atoms with Crippen molar-refractivity contribution < 1.29 is 18.7 Å². The summed E-state index contributed by atoms with van der Waals surface area (Å²) >= 11 is 0. The maximum atomic E-state index is 13.2. The van der Waals surface area contributed by atoms with Gasteiger partial charge in [0.05, 0.1) is 13.5 Å². The summed E-state index contributed by atoms with van der Waals surface area (Å²) in [5, 5.41) is 0. The zero-order chi connectivity index (χ0) is 13.8. The van der Waals surface area contributed by atoms with Crippen LogP contribution in [-0.4, -0.2) is 36.8 Å². The second-order valence-electron chi connectivity index (χ2n) is 4.55. The standard InChI is InChI=1S/C14H16FNO3/c1-19-13-3-2-11(15)8-10(13)9-14(18)16-6-4-12(17)5-7-16/h2-3,8H,4-7,9H2,1H3. The van der Waals surface area contributed by atoms with Crippen molar-refractivity contribution in [3.63, 3.8) is 0 Å². The van der Waals surface area contributed by atoms with Crippen LogP contribution in [0.2, 0.25) is 0 Å². The predicted octanol–water partition coefficient (Wildman–Crippen LogP) is 1.57. The number of likely N-dealkylation sites (tertiary alicyclic amines) is 1. The summed E-state index contributed by atoms with van der Waals surface area (Å²) in [5.74, 6) is 0.198. The number of ether oxygens (including phenoxy) is 1. The highest BCUT2D eigenvalue weighted by Crippen LogP contribution is 2.21. The first-order valence-electron chi connectivity index (χ1n) is 6.22. The lowest BCUT2D eigenvalue weighted by Crippen LogP contribution is -2.39. The van der Waals surface area contributed by atoms with Gasteiger partial charge in [0.15, 0.2) is 0 Å². The topological polar surface area (TPSA) is 46.6 Å². The Bertz CT molecular complexity index is 491. The number of hydrogen-bond donors (Lipinski definition) is 0. The van der Waals surface area contributed by atoms with E-state index in [9.17, 15) is 14.0 Å². The van der Waals surface area contributed by atoms with Gasteiger partial charge in [-0.15, -0.1) is 0 Å². The van der Waals surface area contributed by atoms with Gasteiger partial charge in [-0.2, -0.15) is 0 Å². The summed E-state index contributed by atoms with van der Waals surface area (Å²) in [7, 11) is 1.49. The van der Waals surface area contributed by atoms with Crippen LogP contribution in [0.1, 0.15) is 18.4 Å². The summed E-state index contributed by atoms with van der Waals surface area (Å²) in [6, 6.07) is 4.12. The Hall–Kier alpha value is -1.91. The van der Waals surface area contributed by atoms with Gasteiger partial charge in [-0.05, 0) is 18.2 Å². The van der Waals surface area contributed by atoms with Gasteiger partial charge in [-0.1, -0.05) is 0 Å². The third-order valence-corrected chi connectivity index (χ3v) is 3.26. The molecule has 1 aliphatic heterocycles. The number of Topliss-reactive ketones (excluding diaryl/α,β-unsaturated/α-hetero) is 1. The average Bonchev–Trinajstić information content (AvgIpc) is 2.39. The van der Waals surface area contributed by atoms with Crippen LogP contribution in [0.25, 0.3) is 0 Å². The Balaban J connectivity index is 2.06. The fourth-order valence-electron chi connectivity index (χ4n) is 2.17. The Kier molecular flexibility index (Phi) is 4.14. The number of nitrogens with zero attached hydrogens (tertiary/aromatic N) is 1. The van der Waals surface area contributed by atoms with Gasteiger partial charge in [-0.25, -0.2) is 4.39 Å². The van der Waals surface area contributed by atoms with Crippen LogP contribution in [0.3, 0.4) is 0 Å². The fourth-order valence-corrected chi connectivity index (χ4v) is 2.17. The van der Waals surface area contributed by atoms with E-state index < -0.39 is 5.82 Å². The van der Waals surface area contributed by atoms with E-state index in [1.165, 1.54) is 25.3 Å². The maximum absolute atomic E-state index is 13.2. The smallest absolute Gasteiger partial charge is 0.227 e. The maximum Gasteiger partial charge on any atom is 0.227 e. The van der Waals surface area contributed by atoms with Crippen molar-refractivity contribution in [1.29, 1.82) is 0 Å². The number of ketones is 1. The van der Waals surface area contributed by atoms with Crippen molar-refractivity contribution in [2.75, 3.05) is 20.2 Å². The van der Waals surface area contributed by atoms with Crippen LogP contribution < -0.4 is 4.74 Å². The molecule has 1 amide bonds. The third-order valence-electron chi connectivity index (χ3n) is 3.26. The molecular formula is C14H16FNO3. The van der Waals surface area contributed by atoms with Gasteiger partial charge in [0.1, 0.15) is 17.3 Å². The van der Waals surface area contributed by atoms with Gasteiger partial charge in [-0.3, -0.25) is 9.59 Å². The lowest BCUT2D eigenvalue weighted by Gasteiger charge is -2.26. The molecule has 4 nitrogen and oxygen atoms in total. The van der Waals surface area contributed by atoms with Gasteiger partial charge < -0.3 is 9.64 Å². The van der Waals surface area contributed by atoms with Crippen molar-refractivity contribution in [3.05, 3.63) is 29.6 Å². The van der Waals surface area contributed by atoms with Crippen LogP contribution in [0.15, 0.2) is 18.2 Å². The van der Waals surface area contributed by atoms with Crippen molar-refractivity contribution in [2.24, 2.45) is 0 Å². The number of amides is 1. The molecule has 0 spiro atoms. The minimum atomic E-state index is -0.391. The quantitative estimate of drug-likeness (QED) is 0.833. The van der Waals surface area contributed by atoms with Crippen molar-refractivity contribution in [1.82, 2.24) is 4.90 Å². The van der Waals surface area contributed by atoms with Gasteiger partial charge >= 0.3 is 0 Å². The molecule has 0 aromatic heterocycles. The molecule has 102 valence electrons. The van der Waals surface area contributed by atoms with Crippen molar-refractivity contribution in [2.45, 2.75) is 19.3 Å². The molecule has 0 atom stereocenters. The number of carbonyl (C=O) groups is 2. The molecule has 0 unspecified atom stereocenters. The normalized spacial score (nSPS) is 15.5. The summed E-state index contributed by atoms with van der Waals surface area (Å²) in [6.45, 7) is 0.907. The number of halogens is 1. The average molecular weight is 265 g/mol. The van der Waals surface area contributed by atoms with E-state index in [0.29, 0.717) is 37.2 Å². The molecular weight excluding hydrogens is 249 g/mol. The van der Waals surface area contributed by atoms with E-state index >= 15 is 0 Å². The Morgan fingerprint density at radius 2 is 2.05 bits per heavy atom. The first kappa shape index (κ1) is 13.5. The summed E-state index contributed by atoms with van der Waals surface area (Å²) in [4.78, 5) is 24.9. The highest BCUT2D eigenvalue weighted by molar-refractivity contribution is 5.84. The Labute approximate surface area is 111 Å². The molecule has 0 aliphatic carbocycles. The van der Waals surface area contributed by atoms with E-state index in [0.717, 1.165) is 0 Å². The van der Waals surface area contributed by atoms with E-state index in [4.69, 9.17) is 4.74 Å². The van der Waals surface area contributed by atoms with Crippen LogP contribution in [0, 0.1) is 5.82 Å². The molecule has 1 aromatic carbocycles. The molecule has 1 aromatic rings. The molecule has 1 aliphatic rings. The highest BCUT2D eigenvalue weighted by atomic mass is 19.1. The predicted molar refractivity (Wildman–Crippen MR) is 67.5 cm³/mol. The van der Waals surface area contributed by atoms with E-state index in [1.807, 2.05) is 0 Å². The minimum absolute atomic E-state index is 0.0924. The number of methoxy groups -OCH3 is 1. The van der Waals surface area contributed by atoms with E-state index in [2.05, 4.69) is 0 Å². The molecule has 1 heterocycles. The van der Waals surface area contributed by atoms with Gasteiger partial charge in [0.2, 0.25) is 5.91 Å². The molecule has 5 heteroatoms. The van der Waals surface area contributed by atoms with E-state index in [-0.39, 0.29) is 18.1 Å². The zero-order valence-corrected chi connectivity index (χ0v) is 10.8. The molecule has 0 bridgehead atoms. The lowest BCUT2D eigenvalue weighted by atomic mass is 10.1. The molecule has 0 N–H and O–H groups in total. The summed E-state index contributed by atoms with van der Waals surface area (Å²) < 4.78 is 18.3. The number of piperidine rings is 1. The number of benzene rings is 1. The van der Waals surface area contributed by atoms with Crippen LogP contribution in [0.4, 0.5) is 4.39 Å². The number of rotatable bonds is 3. The molecule has 0 saturated carbocycles. The first-order valence-corrected chi connectivity index (χ1v) is 6.22. The Morgan fingerprint density at radius 3 is 2.68 bits per heavy atom. The van der Waals surface area contributed by atoms with Crippen LogP contribution in [0.5, 0.6) is 5.75 Å². The SMILES string of the molecule is COc1ccc(F)cc1CC(=O)N1CCC(=O)CC1. The zero-order valence-electron chi connectivity index (χ0n) is 10.8. The first-order chi connectivity index (χ1) is 9.10. The lowest BCUT2D eigenvalue weighted by molar-refractivity contribution is -0.133. The van der Waals surface area contributed by atoms with Crippen molar-refractivity contribution >= 4 is 11.7 Å². The van der Waals surface area contributed by atoms with Crippen molar-refractivity contribution in [3.8, 4) is 5.75 Å². The fraction of sp³-hybridized carbons (Fsp3) is 0.429.